The van der Waals surface area contributed by atoms with Gasteiger partial charge in [-0.1, -0.05) is 6.07 Å². The van der Waals surface area contributed by atoms with Crippen LogP contribution in [0.4, 0.5) is 10.1 Å². The molecule has 0 bridgehead atoms. The third kappa shape index (κ3) is 3.89. The van der Waals surface area contributed by atoms with Crippen molar-refractivity contribution >= 4 is 17.4 Å². The van der Waals surface area contributed by atoms with Crippen LogP contribution in [0.15, 0.2) is 41.3 Å². The minimum atomic E-state index is -0.374. The lowest BCUT2D eigenvalue weighted by Crippen LogP contribution is -1.95. The Morgan fingerprint density at radius 2 is 2.10 bits per heavy atom. The number of hydrogen-bond donors (Lipinski definition) is 1. The first kappa shape index (κ1) is 15.2. The van der Waals surface area contributed by atoms with Crippen LogP contribution in [0.5, 0.6) is 5.75 Å². The van der Waals surface area contributed by atoms with Crippen LogP contribution in [-0.4, -0.2) is 6.61 Å². The van der Waals surface area contributed by atoms with Crippen molar-refractivity contribution in [3.8, 4) is 11.8 Å². The number of nitrogens with zero attached hydrogens (tertiary/aromatic N) is 1. The molecule has 2 aromatic rings. The molecule has 2 N–H and O–H groups in total. The zero-order chi connectivity index (χ0) is 15.2. The predicted molar refractivity (Wildman–Crippen MR) is 82.7 cm³/mol. The average molecular weight is 302 g/mol. The molecule has 0 saturated heterocycles. The van der Waals surface area contributed by atoms with Gasteiger partial charge in [0.05, 0.1) is 18.2 Å². The highest BCUT2D eigenvalue weighted by molar-refractivity contribution is 7.98. The number of anilines is 1. The summed E-state index contributed by atoms with van der Waals surface area (Å²) in [6.07, 6.45) is 0. The molecule has 5 heteroatoms. The van der Waals surface area contributed by atoms with E-state index in [1.807, 2.05) is 25.1 Å². The van der Waals surface area contributed by atoms with Gasteiger partial charge < -0.3 is 10.5 Å². The molecule has 0 aliphatic carbocycles. The smallest absolute Gasteiger partial charge is 0.128 e. The summed E-state index contributed by atoms with van der Waals surface area (Å²) in [7, 11) is 0. The molecule has 0 saturated carbocycles. The van der Waals surface area contributed by atoms with Gasteiger partial charge in [-0.05, 0) is 42.8 Å². The van der Waals surface area contributed by atoms with E-state index in [1.54, 1.807) is 18.2 Å². The molecular formula is C16H15FN2OS. The molecule has 0 heterocycles. The molecule has 0 spiro atoms. The molecular weight excluding hydrogens is 287 g/mol. The highest BCUT2D eigenvalue weighted by atomic mass is 32.2. The number of nitrogen functional groups attached to an aromatic ring is 1. The van der Waals surface area contributed by atoms with Crippen LogP contribution >= 0.6 is 11.8 Å². The van der Waals surface area contributed by atoms with Gasteiger partial charge in [0.25, 0.3) is 0 Å². The number of halogens is 1. The van der Waals surface area contributed by atoms with Gasteiger partial charge in [-0.3, -0.25) is 0 Å². The number of thioether (sulfide) groups is 1. The second-order valence-corrected chi connectivity index (χ2v) is 5.36. The molecule has 2 aromatic carbocycles. The van der Waals surface area contributed by atoms with Crippen molar-refractivity contribution < 1.29 is 9.13 Å². The van der Waals surface area contributed by atoms with E-state index in [2.05, 4.69) is 0 Å². The number of nitriles is 1. The number of benzene rings is 2. The molecule has 0 radical (unpaired) electrons. The van der Waals surface area contributed by atoms with Crippen LogP contribution in [0.1, 0.15) is 18.1 Å². The first-order valence-corrected chi connectivity index (χ1v) is 7.46. The molecule has 21 heavy (non-hydrogen) atoms. The molecule has 3 nitrogen and oxygen atoms in total. The van der Waals surface area contributed by atoms with Gasteiger partial charge in [-0.2, -0.15) is 5.26 Å². The lowest BCUT2D eigenvalue weighted by atomic mass is 10.1. The van der Waals surface area contributed by atoms with Gasteiger partial charge in [-0.15, -0.1) is 11.8 Å². The van der Waals surface area contributed by atoms with E-state index in [0.29, 0.717) is 29.2 Å². The summed E-state index contributed by atoms with van der Waals surface area (Å²) < 4.78 is 19.2. The Labute approximate surface area is 127 Å². The predicted octanol–water partition coefficient (Wildman–Crippen LogP) is 3.97. The summed E-state index contributed by atoms with van der Waals surface area (Å²) in [5.74, 6) is 0.813. The van der Waals surface area contributed by atoms with Gasteiger partial charge in [0, 0.05) is 16.3 Å². The average Bonchev–Trinajstić information content (AvgIpc) is 2.49. The molecule has 0 fully saturated rings. The van der Waals surface area contributed by atoms with E-state index in [-0.39, 0.29) is 5.82 Å². The van der Waals surface area contributed by atoms with E-state index in [4.69, 9.17) is 15.7 Å². The number of ether oxygens (including phenoxy) is 1. The molecule has 2 rings (SSSR count). The van der Waals surface area contributed by atoms with Crippen LogP contribution in [0.2, 0.25) is 0 Å². The summed E-state index contributed by atoms with van der Waals surface area (Å²) in [4.78, 5) is 0.852. The quantitative estimate of drug-likeness (QED) is 0.670. The topological polar surface area (TPSA) is 59.0 Å². The zero-order valence-electron chi connectivity index (χ0n) is 11.6. The first-order chi connectivity index (χ1) is 10.1. The van der Waals surface area contributed by atoms with Crippen LogP contribution in [0.25, 0.3) is 0 Å². The van der Waals surface area contributed by atoms with Gasteiger partial charge in [0.1, 0.15) is 11.6 Å². The van der Waals surface area contributed by atoms with Gasteiger partial charge >= 0.3 is 0 Å². The van der Waals surface area contributed by atoms with Crippen molar-refractivity contribution in [3.05, 3.63) is 53.3 Å². The first-order valence-electron chi connectivity index (χ1n) is 6.47. The summed E-state index contributed by atoms with van der Waals surface area (Å²) in [5, 5.41) is 8.73. The maximum Gasteiger partial charge on any atom is 0.128 e. The highest BCUT2D eigenvalue weighted by Crippen LogP contribution is 2.32. The Balaban J connectivity index is 2.13. The minimum absolute atomic E-state index is 0.319. The lowest BCUT2D eigenvalue weighted by molar-refractivity contribution is 0.339. The Morgan fingerprint density at radius 1 is 1.29 bits per heavy atom. The van der Waals surface area contributed by atoms with Crippen LogP contribution in [-0.2, 0) is 5.75 Å². The zero-order valence-corrected chi connectivity index (χ0v) is 12.4. The Hall–Kier alpha value is -2.19. The van der Waals surface area contributed by atoms with E-state index in [1.165, 1.54) is 17.8 Å². The molecule has 0 aromatic heterocycles. The van der Waals surface area contributed by atoms with Crippen molar-refractivity contribution in [2.24, 2.45) is 0 Å². The van der Waals surface area contributed by atoms with Gasteiger partial charge in [0.15, 0.2) is 0 Å². The Bertz CT molecular complexity index is 682. The van der Waals surface area contributed by atoms with E-state index < -0.39 is 0 Å². The van der Waals surface area contributed by atoms with Crippen LogP contribution in [0, 0.1) is 17.1 Å². The Kier molecular flexibility index (Phi) is 5.07. The minimum Gasteiger partial charge on any atom is -0.494 e. The van der Waals surface area contributed by atoms with Crippen molar-refractivity contribution in [2.75, 3.05) is 12.3 Å². The SMILES string of the molecule is CCOc1ccc(N)c(SCc2ccc(C#N)cc2F)c1. The normalized spacial score (nSPS) is 10.1. The fraction of sp³-hybridized carbons (Fsp3) is 0.188. The largest absolute Gasteiger partial charge is 0.494 e. The molecule has 0 aliphatic rings. The second-order valence-electron chi connectivity index (χ2n) is 4.34. The molecule has 0 aliphatic heterocycles. The monoisotopic (exact) mass is 302 g/mol. The molecule has 0 amide bonds. The maximum absolute atomic E-state index is 13.8. The van der Waals surface area contributed by atoms with Crippen molar-refractivity contribution in [1.82, 2.24) is 0 Å². The van der Waals surface area contributed by atoms with Crippen molar-refractivity contribution in [3.63, 3.8) is 0 Å². The van der Waals surface area contributed by atoms with E-state index in [9.17, 15) is 4.39 Å². The Morgan fingerprint density at radius 3 is 2.76 bits per heavy atom. The second kappa shape index (κ2) is 7.00. The third-order valence-corrected chi connectivity index (χ3v) is 3.98. The number of rotatable bonds is 5. The van der Waals surface area contributed by atoms with Crippen LogP contribution < -0.4 is 10.5 Å². The standard InChI is InChI=1S/C16H15FN2OS/c1-2-20-13-5-6-15(19)16(8-13)21-10-12-4-3-11(9-18)7-14(12)17/h3-8H,2,10,19H2,1H3. The van der Waals surface area contributed by atoms with Gasteiger partial charge in [-0.25, -0.2) is 4.39 Å². The summed E-state index contributed by atoms with van der Waals surface area (Å²) in [6.45, 7) is 2.49. The van der Waals surface area contributed by atoms with Crippen LogP contribution in [0.3, 0.4) is 0 Å². The van der Waals surface area contributed by atoms with Crippen molar-refractivity contribution in [2.45, 2.75) is 17.6 Å². The fourth-order valence-corrected chi connectivity index (χ4v) is 2.76. The third-order valence-electron chi connectivity index (χ3n) is 2.86. The fourth-order valence-electron chi connectivity index (χ4n) is 1.79. The number of hydrogen-bond acceptors (Lipinski definition) is 4. The summed E-state index contributed by atoms with van der Waals surface area (Å²) >= 11 is 1.44. The molecule has 0 atom stereocenters. The number of nitrogens with two attached hydrogens (primary N) is 1. The van der Waals surface area contributed by atoms with Gasteiger partial charge in [0.2, 0.25) is 0 Å². The van der Waals surface area contributed by atoms with Crippen molar-refractivity contribution in [1.29, 1.82) is 5.26 Å². The van der Waals surface area contributed by atoms with E-state index in [0.717, 1.165) is 10.6 Å². The lowest BCUT2D eigenvalue weighted by Gasteiger charge is -2.09. The molecule has 0 unspecified atom stereocenters. The highest BCUT2D eigenvalue weighted by Gasteiger charge is 2.07. The summed E-state index contributed by atoms with van der Waals surface area (Å²) in [5.41, 5.74) is 7.42. The molecule has 108 valence electrons. The van der Waals surface area contributed by atoms with E-state index >= 15 is 0 Å². The summed E-state index contributed by atoms with van der Waals surface area (Å²) in [6, 6.07) is 11.8. The maximum atomic E-state index is 13.8.